The van der Waals surface area contributed by atoms with Crippen LogP contribution in [0.15, 0.2) is 49.2 Å². The Morgan fingerprint density at radius 2 is 2.21 bits per heavy atom. The molecule has 1 unspecified atom stereocenters. The molecule has 0 spiro atoms. The Bertz CT molecular complexity index is 459. The lowest BCUT2D eigenvalue weighted by Gasteiger charge is -2.06. The summed E-state index contributed by atoms with van der Waals surface area (Å²) in [5, 5.41) is 1.19. The smallest absolute Gasteiger partial charge is 0.0702 e. The number of rotatable bonds is 2. The maximum Gasteiger partial charge on any atom is 0.0702 e. The number of fused-ring (bicyclic) bond motifs is 1. The minimum atomic E-state index is 0.402. The van der Waals surface area contributed by atoms with Crippen LogP contribution in [0, 0.1) is 0 Å². The van der Waals surface area contributed by atoms with Crippen LogP contribution in [0.1, 0.15) is 18.4 Å². The van der Waals surface area contributed by atoms with E-state index in [2.05, 4.69) is 42.8 Å². The molecule has 1 heterocycles. The molecule has 1 atom stereocenters. The van der Waals surface area contributed by atoms with Crippen LogP contribution in [0.4, 0.5) is 0 Å². The minimum absolute atomic E-state index is 0.402. The maximum atomic E-state index is 4.28. The third-order valence-electron chi connectivity index (χ3n) is 2.51. The van der Waals surface area contributed by atoms with Gasteiger partial charge >= 0.3 is 0 Å². The third kappa shape index (κ3) is 1.53. The van der Waals surface area contributed by atoms with E-state index in [1.807, 2.05) is 18.3 Å². The summed E-state index contributed by atoms with van der Waals surface area (Å²) in [4.78, 5) is 4.28. The van der Waals surface area contributed by atoms with Crippen LogP contribution >= 0.6 is 0 Å². The van der Waals surface area contributed by atoms with E-state index in [9.17, 15) is 0 Å². The molecule has 1 aromatic heterocycles. The summed E-state index contributed by atoms with van der Waals surface area (Å²) in [5.41, 5.74) is 2.34. The van der Waals surface area contributed by atoms with Crippen LogP contribution in [-0.2, 0) is 0 Å². The Morgan fingerprint density at radius 3 is 3.00 bits per heavy atom. The molecule has 14 heavy (non-hydrogen) atoms. The highest BCUT2D eigenvalue weighted by Gasteiger charge is 2.01. The minimum Gasteiger partial charge on any atom is -0.256 e. The number of aromatic nitrogens is 1. The van der Waals surface area contributed by atoms with Crippen LogP contribution in [0.3, 0.4) is 0 Å². The number of benzene rings is 1. The Labute approximate surface area is 84.1 Å². The molecular weight excluding hydrogens is 170 g/mol. The third-order valence-corrected chi connectivity index (χ3v) is 2.51. The summed E-state index contributed by atoms with van der Waals surface area (Å²) in [5.74, 6) is 0.402. The fraction of sp³-hybridized carbons (Fsp3) is 0.154. The molecule has 1 aromatic carbocycles. The molecule has 0 fully saturated rings. The summed E-state index contributed by atoms with van der Waals surface area (Å²) in [6.07, 6.45) is 3.77. The summed E-state index contributed by atoms with van der Waals surface area (Å²) in [6.45, 7) is 5.94. The monoisotopic (exact) mass is 183 g/mol. The zero-order chi connectivity index (χ0) is 9.97. The lowest BCUT2D eigenvalue weighted by Crippen LogP contribution is -1.88. The largest absolute Gasteiger partial charge is 0.256 e. The first-order valence-electron chi connectivity index (χ1n) is 4.78. The van der Waals surface area contributed by atoms with Crippen molar-refractivity contribution in [2.75, 3.05) is 0 Å². The highest BCUT2D eigenvalue weighted by molar-refractivity contribution is 5.79. The van der Waals surface area contributed by atoms with Gasteiger partial charge in [0.05, 0.1) is 5.52 Å². The van der Waals surface area contributed by atoms with Gasteiger partial charge in [0, 0.05) is 11.6 Å². The van der Waals surface area contributed by atoms with E-state index in [1.54, 1.807) is 0 Å². The van der Waals surface area contributed by atoms with Gasteiger partial charge in [0.1, 0.15) is 0 Å². The van der Waals surface area contributed by atoms with Crippen molar-refractivity contribution in [1.82, 2.24) is 4.98 Å². The lowest BCUT2D eigenvalue weighted by atomic mass is 10.00. The van der Waals surface area contributed by atoms with Crippen molar-refractivity contribution in [3.63, 3.8) is 0 Å². The molecule has 2 aromatic rings. The zero-order valence-electron chi connectivity index (χ0n) is 8.27. The first-order valence-corrected chi connectivity index (χ1v) is 4.78. The van der Waals surface area contributed by atoms with E-state index in [4.69, 9.17) is 0 Å². The van der Waals surface area contributed by atoms with Gasteiger partial charge < -0.3 is 0 Å². The highest BCUT2D eigenvalue weighted by Crippen LogP contribution is 2.20. The van der Waals surface area contributed by atoms with E-state index in [0.29, 0.717) is 5.92 Å². The van der Waals surface area contributed by atoms with Crippen molar-refractivity contribution in [3.05, 3.63) is 54.7 Å². The van der Waals surface area contributed by atoms with Crippen molar-refractivity contribution in [1.29, 1.82) is 0 Å². The summed E-state index contributed by atoms with van der Waals surface area (Å²) in [6, 6.07) is 10.4. The van der Waals surface area contributed by atoms with E-state index >= 15 is 0 Å². The molecule has 0 N–H and O–H groups in total. The predicted octanol–water partition coefficient (Wildman–Crippen LogP) is 3.52. The number of allylic oxidation sites excluding steroid dienone is 1. The first kappa shape index (κ1) is 8.95. The Hall–Kier alpha value is -1.63. The summed E-state index contributed by atoms with van der Waals surface area (Å²) >= 11 is 0. The average molecular weight is 183 g/mol. The fourth-order valence-corrected chi connectivity index (χ4v) is 1.51. The molecule has 0 aliphatic rings. The molecular formula is C13H13N. The van der Waals surface area contributed by atoms with Crippen LogP contribution in [0.2, 0.25) is 0 Å². The standard InChI is InChI=1S/C13H13N/c1-3-10(2)11-6-7-13-12(9-11)5-4-8-14-13/h3-10H,1H2,2H3. The van der Waals surface area contributed by atoms with Gasteiger partial charge in [-0.25, -0.2) is 0 Å². The molecule has 0 aliphatic heterocycles. The van der Waals surface area contributed by atoms with Crippen LogP contribution in [0.5, 0.6) is 0 Å². The van der Waals surface area contributed by atoms with E-state index in [0.717, 1.165) is 5.52 Å². The van der Waals surface area contributed by atoms with Gasteiger partial charge in [-0.05, 0) is 29.7 Å². The van der Waals surface area contributed by atoms with Crippen LogP contribution < -0.4 is 0 Å². The Balaban J connectivity index is 2.56. The number of pyridine rings is 1. The molecule has 0 amide bonds. The molecule has 0 saturated heterocycles. The Kier molecular flexibility index (Phi) is 2.32. The SMILES string of the molecule is C=CC(C)c1ccc2ncccc2c1. The second-order valence-electron chi connectivity index (χ2n) is 3.48. The van der Waals surface area contributed by atoms with E-state index in [-0.39, 0.29) is 0 Å². The molecule has 0 radical (unpaired) electrons. The van der Waals surface area contributed by atoms with Crippen molar-refractivity contribution in [3.8, 4) is 0 Å². The normalized spacial score (nSPS) is 12.6. The topological polar surface area (TPSA) is 12.9 Å². The summed E-state index contributed by atoms with van der Waals surface area (Å²) < 4.78 is 0. The van der Waals surface area contributed by atoms with Crippen molar-refractivity contribution >= 4 is 10.9 Å². The first-order chi connectivity index (χ1) is 6.81. The number of hydrogen-bond acceptors (Lipinski definition) is 1. The van der Waals surface area contributed by atoms with Gasteiger partial charge in [-0.3, -0.25) is 4.98 Å². The van der Waals surface area contributed by atoms with Gasteiger partial charge in [0.15, 0.2) is 0 Å². The average Bonchev–Trinajstić information content (AvgIpc) is 2.27. The molecule has 0 aliphatic carbocycles. The van der Waals surface area contributed by atoms with Gasteiger partial charge in [0.25, 0.3) is 0 Å². The van der Waals surface area contributed by atoms with Gasteiger partial charge in [-0.15, -0.1) is 6.58 Å². The van der Waals surface area contributed by atoms with Gasteiger partial charge in [-0.2, -0.15) is 0 Å². The predicted molar refractivity (Wildman–Crippen MR) is 60.4 cm³/mol. The number of nitrogens with zero attached hydrogens (tertiary/aromatic N) is 1. The van der Waals surface area contributed by atoms with Crippen molar-refractivity contribution in [2.45, 2.75) is 12.8 Å². The summed E-state index contributed by atoms with van der Waals surface area (Å²) in [7, 11) is 0. The van der Waals surface area contributed by atoms with E-state index < -0.39 is 0 Å². The van der Waals surface area contributed by atoms with Crippen molar-refractivity contribution < 1.29 is 0 Å². The molecule has 70 valence electrons. The van der Waals surface area contributed by atoms with Crippen molar-refractivity contribution in [2.24, 2.45) is 0 Å². The molecule has 2 rings (SSSR count). The Morgan fingerprint density at radius 1 is 1.36 bits per heavy atom. The quantitative estimate of drug-likeness (QED) is 0.649. The zero-order valence-corrected chi connectivity index (χ0v) is 8.27. The van der Waals surface area contributed by atoms with Crippen LogP contribution in [0.25, 0.3) is 10.9 Å². The number of hydrogen-bond donors (Lipinski definition) is 0. The second-order valence-corrected chi connectivity index (χ2v) is 3.48. The molecule has 0 saturated carbocycles. The molecule has 1 nitrogen and oxygen atoms in total. The van der Waals surface area contributed by atoms with Crippen LogP contribution in [-0.4, -0.2) is 4.98 Å². The highest BCUT2D eigenvalue weighted by atomic mass is 14.6. The molecule has 1 heteroatoms. The van der Waals surface area contributed by atoms with Gasteiger partial charge in [-0.1, -0.05) is 25.1 Å². The maximum absolute atomic E-state index is 4.28. The second kappa shape index (κ2) is 3.62. The molecule has 0 bridgehead atoms. The fourth-order valence-electron chi connectivity index (χ4n) is 1.51. The van der Waals surface area contributed by atoms with E-state index in [1.165, 1.54) is 10.9 Å². The van der Waals surface area contributed by atoms with Gasteiger partial charge in [0.2, 0.25) is 0 Å². The lowest BCUT2D eigenvalue weighted by molar-refractivity contribution is 0.974.